The average Bonchev–Trinajstić information content (AvgIpc) is 2.31. The maximum absolute atomic E-state index is 11.0. The molecular formula is C10H8N2O5. The Balaban J connectivity index is 0.000000366. The molecule has 1 aromatic rings. The number of carboxylic acid groups (broad SMARTS) is 2. The summed E-state index contributed by atoms with van der Waals surface area (Å²) in [6.45, 7) is 0. The molecular weight excluding hydrogens is 228 g/mol. The van der Waals surface area contributed by atoms with Gasteiger partial charge in [-0.3, -0.25) is 9.78 Å². The van der Waals surface area contributed by atoms with E-state index in [2.05, 4.69) is 4.98 Å². The van der Waals surface area contributed by atoms with Crippen LogP contribution in [-0.4, -0.2) is 32.9 Å². The van der Waals surface area contributed by atoms with Gasteiger partial charge in [-0.1, -0.05) is 0 Å². The Labute approximate surface area is 95.9 Å². The van der Waals surface area contributed by atoms with Crippen LogP contribution in [0.1, 0.15) is 16.8 Å². The number of carboxylic acids is 2. The summed E-state index contributed by atoms with van der Waals surface area (Å²) in [5, 5.41) is 23.0. The minimum absolute atomic E-state index is 0.0777. The molecule has 0 atom stereocenters. The van der Waals surface area contributed by atoms with Crippen molar-refractivity contribution in [1.29, 1.82) is 5.26 Å². The van der Waals surface area contributed by atoms with Crippen molar-refractivity contribution in [3.05, 3.63) is 30.1 Å². The predicted molar refractivity (Wildman–Crippen MR) is 54.1 cm³/mol. The van der Waals surface area contributed by atoms with Gasteiger partial charge >= 0.3 is 11.9 Å². The third kappa shape index (κ3) is 6.35. The summed E-state index contributed by atoms with van der Waals surface area (Å²) in [5.41, 5.74) is 0.494. The van der Waals surface area contributed by atoms with Gasteiger partial charge < -0.3 is 10.2 Å². The van der Waals surface area contributed by atoms with Crippen molar-refractivity contribution in [2.45, 2.75) is 6.42 Å². The van der Waals surface area contributed by atoms with E-state index in [0.29, 0.717) is 5.56 Å². The molecule has 2 N–H and O–H groups in total. The molecule has 1 heterocycles. The first-order chi connectivity index (χ1) is 7.99. The first-order valence-electron chi connectivity index (χ1n) is 4.25. The molecule has 1 aromatic heterocycles. The lowest BCUT2D eigenvalue weighted by Gasteiger charge is -1.91. The topological polar surface area (TPSA) is 128 Å². The minimum Gasteiger partial charge on any atom is -0.473 e. The van der Waals surface area contributed by atoms with E-state index in [1.165, 1.54) is 6.20 Å². The number of aromatic nitrogens is 1. The van der Waals surface area contributed by atoms with Crippen molar-refractivity contribution in [2.75, 3.05) is 0 Å². The third-order valence-corrected chi connectivity index (χ3v) is 1.41. The van der Waals surface area contributed by atoms with Gasteiger partial charge in [0.1, 0.15) is 0 Å². The van der Waals surface area contributed by atoms with Crippen molar-refractivity contribution in [2.24, 2.45) is 0 Å². The Bertz CT molecular complexity index is 438. The van der Waals surface area contributed by atoms with Crippen LogP contribution in [0.5, 0.6) is 0 Å². The number of Topliss-reactive ketones (excluding diaryl/α,β-unsaturated/α-hetero) is 1. The molecule has 0 saturated heterocycles. The third-order valence-electron chi connectivity index (χ3n) is 1.41. The summed E-state index contributed by atoms with van der Waals surface area (Å²) in [4.78, 5) is 32.9. The number of ketones is 1. The Morgan fingerprint density at radius 1 is 1.29 bits per heavy atom. The van der Waals surface area contributed by atoms with Gasteiger partial charge in [0.25, 0.3) is 0 Å². The highest BCUT2D eigenvalue weighted by molar-refractivity contribution is 6.27. The molecule has 0 aliphatic rings. The predicted octanol–water partition coefficient (Wildman–Crippen LogP) is 0.334. The van der Waals surface area contributed by atoms with Crippen molar-refractivity contribution >= 4 is 17.7 Å². The van der Waals surface area contributed by atoms with Crippen LogP contribution >= 0.6 is 0 Å². The maximum Gasteiger partial charge on any atom is 0.414 e. The molecule has 1 rings (SSSR count). The SMILES string of the molecule is N#CCC(=O)c1cccnc1.O=C(O)C(=O)O. The molecule has 0 aliphatic heterocycles. The van der Waals surface area contributed by atoms with Crippen LogP contribution in [0.4, 0.5) is 0 Å². The molecule has 0 unspecified atom stereocenters. The second-order valence-corrected chi connectivity index (χ2v) is 2.61. The van der Waals surface area contributed by atoms with E-state index in [1.807, 2.05) is 0 Å². The average molecular weight is 236 g/mol. The highest BCUT2D eigenvalue weighted by Gasteiger charge is 2.04. The molecule has 7 heteroatoms. The van der Waals surface area contributed by atoms with Gasteiger partial charge in [0.05, 0.1) is 12.5 Å². The molecule has 0 bridgehead atoms. The standard InChI is InChI=1S/C8H6N2O.C2H2O4/c9-4-3-8(11)7-2-1-5-10-6-7;3-1(4)2(5)6/h1-2,5-6H,3H2;(H,3,4)(H,5,6). The Kier molecular flexibility index (Phi) is 6.31. The number of nitrogens with zero attached hydrogens (tertiary/aromatic N) is 2. The number of hydrogen-bond donors (Lipinski definition) is 2. The zero-order valence-electron chi connectivity index (χ0n) is 8.53. The lowest BCUT2D eigenvalue weighted by molar-refractivity contribution is -0.159. The number of nitriles is 1. The zero-order valence-corrected chi connectivity index (χ0v) is 8.53. The van der Waals surface area contributed by atoms with Crippen LogP contribution in [0.2, 0.25) is 0 Å². The van der Waals surface area contributed by atoms with Crippen LogP contribution in [0.15, 0.2) is 24.5 Å². The van der Waals surface area contributed by atoms with E-state index in [9.17, 15) is 4.79 Å². The molecule has 0 spiro atoms. The maximum atomic E-state index is 11.0. The number of carbonyl (C=O) groups is 3. The normalized spacial score (nSPS) is 8.18. The highest BCUT2D eigenvalue weighted by Crippen LogP contribution is 1.99. The molecule has 7 nitrogen and oxygen atoms in total. The molecule has 0 aromatic carbocycles. The number of pyridine rings is 1. The monoisotopic (exact) mass is 236 g/mol. The van der Waals surface area contributed by atoms with Gasteiger partial charge in [-0.05, 0) is 12.1 Å². The van der Waals surface area contributed by atoms with Crippen LogP contribution in [0, 0.1) is 11.3 Å². The fourth-order valence-electron chi connectivity index (χ4n) is 0.702. The van der Waals surface area contributed by atoms with Crippen LogP contribution in [-0.2, 0) is 9.59 Å². The largest absolute Gasteiger partial charge is 0.473 e. The van der Waals surface area contributed by atoms with Crippen molar-refractivity contribution in [3.63, 3.8) is 0 Å². The first kappa shape index (κ1) is 14.2. The van der Waals surface area contributed by atoms with E-state index in [-0.39, 0.29) is 12.2 Å². The van der Waals surface area contributed by atoms with Gasteiger partial charge in [-0.25, -0.2) is 9.59 Å². The number of carbonyl (C=O) groups excluding carboxylic acids is 1. The lowest BCUT2D eigenvalue weighted by Crippen LogP contribution is -2.09. The van der Waals surface area contributed by atoms with Crippen molar-refractivity contribution in [1.82, 2.24) is 4.98 Å². The van der Waals surface area contributed by atoms with E-state index in [1.54, 1.807) is 24.4 Å². The van der Waals surface area contributed by atoms with Gasteiger partial charge in [0.15, 0.2) is 5.78 Å². The Morgan fingerprint density at radius 2 is 1.88 bits per heavy atom. The summed E-state index contributed by atoms with van der Waals surface area (Å²) in [6, 6.07) is 5.11. The van der Waals surface area contributed by atoms with Gasteiger partial charge in [0.2, 0.25) is 0 Å². The summed E-state index contributed by atoms with van der Waals surface area (Å²) >= 11 is 0. The fraction of sp³-hybridized carbons (Fsp3) is 0.100. The van der Waals surface area contributed by atoms with Gasteiger partial charge in [-0.2, -0.15) is 5.26 Å². The fourth-order valence-corrected chi connectivity index (χ4v) is 0.702. The number of aliphatic carboxylic acids is 2. The van der Waals surface area contributed by atoms with E-state index < -0.39 is 11.9 Å². The summed E-state index contributed by atoms with van der Waals surface area (Å²) < 4.78 is 0. The van der Waals surface area contributed by atoms with Crippen LogP contribution in [0.3, 0.4) is 0 Å². The second-order valence-electron chi connectivity index (χ2n) is 2.61. The van der Waals surface area contributed by atoms with Crippen LogP contribution in [0.25, 0.3) is 0 Å². The van der Waals surface area contributed by atoms with E-state index >= 15 is 0 Å². The highest BCUT2D eigenvalue weighted by atomic mass is 16.4. The molecule has 0 saturated carbocycles. The summed E-state index contributed by atoms with van der Waals surface area (Å²) in [5.74, 6) is -3.83. The first-order valence-corrected chi connectivity index (χ1v) is 4.25. The van der Waals surface area contributed by atoms with Crippen molar-refractivity contribution in [3.8, 4) is 6.07 Å². The summed E-state index contributed by atoms with van der Waals surface area (Å²) in [6.07, 6.45) is 2.97. The molecule has 0 amide bonds. The van der Waals surface area contributed by atoms with Gasteiger partial charge in [-0.15, -0.1) is 0 Å². The zero-order chi connectivity index (χ0) is 13.3. The van der Waals surface area contributed by atoms with Crippen molar-refractivity contribution < 1.29 is 24.6 Å². The Morgan fingerprint density at radius 3 is 2.24 bits per heavy atom. The Hall–Kier alpha value is -2.75. The van der Waals surface area contributed by atoms with E-state index in [4.69, 9.17) is 25.1 Å². The van der Waals surface area contributed by atoms with Gasteiger partial charge in [0, 0.05) is 18.0 Å². The number of rotatable bonds is 2. The molecule has 0 radical (unpaired) electrons. The van der Waals surface area contributed by atoms with E-state index in [0.717, 1.165) is 0 Å². The molecule has 88 valence electrons. The molecule has 0 fully saturated rings. The minimum atomic E-state index is -1.82. The molecule has 17 heavy (non-hydrogen) atoms. The quantitative estimate of drug-likeness (QED) is 0.559. The lowest BCUT2D eigenvalue weighted by atomic mass is 10.1. The van der Waals surface area contributed by atoms with Crippen LogP contribution < -0.4 is 0 Å². The molecule has 0 aliphatic carbocycles. The number of hydrogen-bond acceptors (Lipinski definition) is 5. The second kappa shape index (κ2) is 7.53. The smallest absolute Gasteiger partial charge is 0.414 e. The summed E-state index contributed by atoms with van der Waals surface area (Å²) in [7, 11) is 0.